The Balaban J connectivity index is 2.66. The SMILES string of the molecule is CC(=O)OC1(CC(C)C#N)CCCCC1. The number of nitrogens with zero attached hydrogens (tertiary/aromatic N) is 1. The standard InChI is InChI=1S/C12H19NO2/c1-10(9-13)8-12(15-11(2)14)6-4-3-5-7-12/h10H,3-8H2,1-2H3. The Morgan fingerprint density at radius 1 is 1.47 bits per heavy atom. The highest BCUT2D eigenvalue weighted by Gasteiger charge is 2.36. The van der Waals surface area contributed by atoms with Gasteiger partial charge in [0.05, 0.1) is 6.07 Å². The fraction of sp³-hybridized carbons (Fsp3) is 0.833. The summed E-state index contributed by atoms with van der Waals surface area (Å²) in [5.41, 5.74) is -0.348. The van der Waals surface area contributed by atoms with Gasteiger partial charge in [0, 0.05) is 19.3 Å². The van der Waals surface area contributed by atoms with Gasteiger partial charge in [-0.25, -0.2) is 0 Å². The fourth-order valence-corrected chi connectivity index (χ4v) is 2.45. The molecule has 0 aromatic heterocycles. The highest BCUT2D eigenvalue weighted by atomic mass is 16.6. The van der Waals surface area contributed by atoms with Crippen molar-refractivity contribution in [1.82, 2.24) is 0 Å². The third kappa shape index (κ3) is 3.54. The van der Waals surface area contributed by atoms with E-state index in [4.69, 9.17) is 10.00 Å². The predicted molar refractivity (Wildman–Crippen MR) is 57.0 cm³/mol. The zero-order chi connectivity index (χ0) is 11.3. The van der Waals surface area contributed by atoms with E-state index in [-0.39, 0.29) is 17.5 Å². The molecule has 1 saturated carbocycles. The summed E-state index contributed by atoms with van der Waals surface area (Å²) in [6.07, 6.45) is 5.93. The van der Waals surface area contributed by atoms with Crippen LogP contribution < -0.4 is 0 Å². The number of hydrogen-bond acceptors (Lipinski definition) is 3. The summed E-state index contributed by atoms with van der Waals surface area (Å²) in [5.74, 6) is -0.260. The number of carbonyl (C=O) groups is 1. The second kappa shape index (κ2) is 5.16. The normalized spacial score (nSPS) is 21.4. The lowest BCUT2D eigenvalue weighted by Crippen LogP contribution is -2.38. The molecule has 0 N–H and O–H groups in total. The molecule has 1 aliphatic carbocycles. The van der Waals surface area contributed by atoms with Crippen LogP contribution in [0.4, 0.5) is 0 Å². The Hall–Kier alpha value is -1.04. The number of rotatable bonds is 3. The Bertz CT molecular complexity index is 261. The van der Waals surface area contributed by atoms with Crippen molar-refractivity contribution in [2.24, 2.45) is 5.92 Å². The minimum atomic E-state index is -0.348. The molecule has 0 spiro atoms. The second-order valence-electron chi connectivity index (χ2n) is 4.57. The summed E-state index contributed by atoms with van der Waals surface area (Å²) in [7, 11) is 0. The van der Waals surface area contributed by atoms with Crippen molar-refractivity contribution in [3.63, 3.8) is 0 Å². The van der Waals surface area contributed by atoms with Crippen LogP contribution in [0.2, 0.25) is 0 Å². The summed E-state index contributed by atoms with van der Waals surface area (Å²) in [6.45, 7) is 3.34. The number of hydrogen-bond donors (Lipinski definition) is 0. The van der Waals surface area contributed by atoms with Crippen LogP contribution in [0, 0.1) is 17.2 Å². The lowest BCUT2D eigenvalue weighted by atomic mass is 9.79. The van der Waals surface area contributed by atoms with Gasteiger partial charge in [-0.2, -0.15) is 5.26 Å². The van der Waals surface area contributed by atoms with E-state index in [1.54, 1.807) is 0 Å². The third-order valence-corrected chi connectivity index (χ3v) is 3.02. The van der Waals surface area contributed by atoms with Gasteiger partial charge < -0.3 is 4.74 Å². The van der Waals surface area contributed by atoms with E-state index in [0.29, 0.717) is 6.42 Å². The average molecular weight is 209 g/mol. The molecule has 0 radical (unpaired) electrons. The Morgan fingerprint density at radius 3 is 2.53 bits per heavy atom. The summed E-state index contributed by atoms with van der Waals surface area (Å²) in [5, 5.41) is 8.82. The lowest BCUT2D eigenvalue weighted by Gasteiger charge is -2.37. The van der Waals surface area contributed by atoms with Gasteiger partial charge in [-0.15, -0.1) is 0 Å². The molecule has 1 atom stereocenters. The van der Waals surface area contributed by atoms with Crippen LogP contribution in [-0.4, -0.2) is 11.6 Å². The molecule has 84 valence electrons. The van der Waals surface area contributed by atoms with E-state index in [2.05, 4.69) is 6.07 Å². The van der Waals surface area contributed by atoms with E-state index >= 15 is 0 Å². The Labute approximate surface area is 91.4 Å². The van der Waals surface area contributed by atoms with Gasteiger partial charge in [0.15, 0.2) is 0 Å². The molecule has 0 heterocycles. The molecule has 0 aromatic carbocycles. The van der Waals surface area contributed by atoms with Crippen molar-refractivity contribution < 1.29 is 9.53 Å². The van der Waals surface area contributed by atoms with Crippen LogP contribution in [0.15, 0.2) is 0 Å². The van der Waals surface area contributed by atoms with E-state index < -0.39 is 0 Å². The summed E-state index contributed by atoms with van der Waals surface area (Å²) in [4.78, 5) is 11.1. The minimum Gasteiger partial charge on any atom is -0.459 e. The van der Waals surface area contributed by atoms with Crippen LogP contribution in [0.5, 0.6) is 0 Å². The molecule has 0 saturated heterocycles. The number of ether oxygens (including phenoxy) is 1. The maximum absolute atomic E-state index is 11.1. The van der Waals surface area contributed by atoms with Crippen molar-refractivity contribution in [3.8, 4) is 6.07 Å². The van der Waals surface area contributed by atoms with E-state index in [1.165, 1.54) is 13.3 Å². The van der Waals surface area contributed by atoms with Crippen LogP contribution in [0.25, 0.3) is 0 Å². The molecule has 15 heavy (non-hydrogen) atoms. The van der Waals surface area contributed by atoms with Gasteiger partial charge in [-0.1, -0.05) is 6.42 Å². The minimum absolute atomic E-state index is 0.0394. The third-order valence-electron chi connectivity index (χ3n) is 3.02. The van der Waals surface area contributed by atoms with Gasteiger partial charge in [0.2, 0.25) is 0 Å². The van der Waals surface area contributed by atoms with Crippen molar-refractivity contribution in [3.05, 3.63) is 0 Å². The zero-order valence-corrected chi connectivity index (χ0v) is 9.58. The van der Waals surface area contributed by atoms with Crippen LogP contribution in [-0.2, 0) is 9.53 Å². The average Bonchev–Trinajstić information content (AvgIpc) is 2.17. The quantitative estimate of drug-likeness (QED) is 0.671. The van der Waals surface area contributed by atoms with Crippen molar-refractivity contribution in [1.29, 1.82) is 5.26 Å². The first-order chi connectivity index (χ1) is 7.08. The smallest absolute Gasteiger partial charge is 0.303 e. The fourth-order valence-electron chi connectivity index (χ4n) is 2.45. The van der Waals surface area contributed by atoms with Gasteiger partial charge >= 0.3 is 5.97 Å². The summed E-state index contributed by atoms with van der Waals surface area (Å²) in [6, 6.07) is 2.22. The molecule has 0 bridgehead atoms. The largest absolute Gasteiger partial charge is 0.459 e. The molecule has 1 rings (SSSR count). The molecular formula is C12H19NO2. The summed E-state index contributed by atoms with van der Waals surface area (Å²) >= 11 is 0. The molecule has 1 unspecified atom stereocenters. The maximum Gasteiger partial charge on any atom is 0.303 e. The number of carbonyl (C=O) groups excluding carboxylic acids is 1. The first-order valence-corrected chi connectivity index (χ1v) is 5.67. The molecule has 0 aromatic rings. The van der Waals surface area contributed by atoms with Crippen molar-refractivity contribution >= 4 is 5.97 Å². The number of nitriles is 1. The van der Waals surface area contributed by atoms with Gasteiger partial charge in [0.25, 0.3) is 0 Å². The zero-order valence-electron chi connectivity index (χ0n) is 9.58. The molecule has 1 aliphatic rings. The van der Waals surface area contributed by atoms with Crippen LogP contribution >= 0.6 is 0 Å². The van der Waals surface area contributed by atoms with E-state index in [9.17, 15) is 4.79 Å². The lowest BCUT2D eigenvalue weighted by molar-refractivity contribution is -0.162. The highest BCUT2D eigenvalue weighted by Crippen LogP contribution is 2.36. The predicted octanol–water partition coefficient (Wildman–Crippen LogP) is 2.80. The molecular weight excluding hydrogens is 190 g/mol. The number of esters is 1. The van der Waals surface area contributed by atoms with Crippen molar-refractivity contribution in [2.75, 3.05) is 0 Å². The molecule has 0 amide bonds. The molecule has 3 heteroatoms. The molecule has 3 nitrogen and oxygen atoms in total. The van der Waals surface area contributed by atoms with E-state index in [0.717, 1.165) is 25.7 Å². The van der Waals surface area contributed by atoms with Gasteiger partial charge in [0.1, 0.15) is 5.60 Å². The monoisotopic (exact) mass is 209 g/mol. The van der Waals surface area contributed by atoms with Crippen molar-refractivity contribution in [2.45, 2.75) is 58.0 Å². The summed E-state index contributed by atoms with van der Waals surface area (Å²) < 4.78 is 5.46. The first kappa shape index (κ1) is 12.0. The Kier molecular flexibility index (Phi) is 4.14. The topological polar surface area (TPSA) is 50.1 Å². The van der Waals surface area contributed by atoms with Gasteiger partial charge in [-0.05, 0) is 32.6 Å². The molecule has 0 aliphatic heterocycles. The second-order valence-corrected chi connectivity index (χ2v) is 4.57. The molecule has 1 fully saturated rings. The van der Waals surface area contributed by atoms with E-state index in [1.807, 2.05) is 6.92 Å². The highest BCUT2D eigenvalue weighted by molar-refractivity contribution is 5.66. The Morgan fingerprint density at radius 2 is 2.07 bits per heavy atom. The van der Waals surface area contributed by atoms with Gasteiger partial charge in [-0.3, -0.25) is 4.79 Å². The van der Waals surface area contributed by atoms with Crippen LogP contribution in [0.3, 0.4) is 0 Å². The van der Waals surface area contributed by atoms with Crippen LogP contribution in [0.1, 0.15) is 52.4 Å². The first-order valence-electron chi connectivity index (χ1n) is 5.67. The maximum atomic E-state index is 11.1.